The number of nitrogens with zero attached hydrogens (tertiary/aromatic N) is 2. The molecular weight excluding hydrogens is 185 g/mol. The summed E-state index contributed by atoms with van der Waals surface area (Å²) < 4.78 is 35.9. The zero-order valence-electron chi connectivity index (χ0n) is 6.80. The Bertz CT molecular complexity index is 316. The van der Waals surface area contributed by atoms with Crippen LogP contribution in [0.3, 0.4) is 0 Å². The first-order valence-electron chi connectivity index (χ1n) is 3.51. The molecule has 0 atom stereocenters. The molecule has 0 radical (unpaired) electrons. The van der Waals surface area contributed by atoms with Gasteiger partial charge in [-0.2, -0.15) is 18.3 Å². The predicted octanol–water partition coefficient (Wildman–Crippen LogP) is 1.78. The number of hydrogen-bond donors (Lipinski definition) is 0. The summed E-state index contributed by atoms with van der Waals surface area (Å²) in [6.45, 7) is 1.59. The van der Waals surface area contributed by atoms with E-state index in [0.29, 0.717) is 10.4 Å². The zero-order chi connectivity index (χ0) is 10.1. The van der Waals surface area contributed by atoms with Crippen molar-refractivity contribution in [1.29, 1.82) is 0 Å². The molecular formula is C7H7F3N2O. The Balaban J connectivity index is 2.70. The molecule has 72 valence electrons. The lowest BCUT2D eigenvalue weighted by Crippen LogP contribution is -2.20. The maximum Gasteiger partial charge on any atom is 0.397 e. The van der Waals surface area contributed by atoms with Gasteiger partial charge in [0.25, 0.3) is 5.91 Å². The molecule has 1 aromatic heterocycles. The average Bonchev–Trinajstić information content (AvgIpc) is 2.31. The van der Waals surface area contributed by atoms with Crippen LogP contribution >= 0.6 is 0 Å². The van der Waals surface area contributed by atoms with Gasteiger partial charge in [0.2, 0.25) is 0 Å². The van der Waals surface area contributed by atoms with E-state index < -0.39 is 18.5 Å². The fourth-order valence-electron chi connectivity index (χ4n) is 0.806. The van der Waals surface area contributed by atoms with Crippen LogP contribution in [0, 0.1) is 6.92 Å². The van der Waals surface area contributed by atoms with Crippen LogP contribution in [-0.2, 0) is 0 Å². The van der Waals surface area contributed by atoms with Gasteiger partial charge in [-0.1, -0.05) is 0 Å². The molecule has 0 aliphatic carbocycles. The fourth-order valence-corrected chi connectivity index (χ4v) is 0.806. The van der Waals surface area contributed by atoms with Crippen molar-refractivity contribution in [3.8, 4) is 0 Å². The highest BCUT2D eigenvalue weighted by molar-refractivity contribution is 5.78. The molecule has 1 aromatic rings. The Morgan fingerprint density at radius 3 is 2.62 bits per heavy atom. The molecule has 0 saturated carbocycles. The molecule has 1 heterocycles. The Morgan fingerprint density at radius 2 is 2.23 bits per heavy atom. The van der Waals surface area contributed by atoms with Crippen LogP contribution in [0.4, 0.5) is 13.2 Å². The summed E-state index contributed by atoms with van der Waals surface area (Å²) in [5.74, 6) is -1.07. The summed E-state index contributed by atoms with van der Waals surface area (Å²) in [6, 6.07) is 1.47. The van der Waals surface area contributed by atoms with Crippen molar-refractivity contribution in [3.63, 3.8) is 0 Å². The molecule has 0 N–H and O–H groups in total. The molecule has 0 unspecified atom stereocenters. The van der Waals surface area contributed by atoms with Crippen LogP contribution in [0.25, 0.3) is 0 Å². The molecule has 0 aromatic carbocycles. The highest BCUT2D eigenvalue weighted by atomic mass is 19.4. The summed E-state index contributed by atoms with van der Waals surface area (Å²) in [5.41, 5.74) is 0.510. The summed E-state index contributed by atoms with van der Waals surface area (Å²) in [7, 11) is 0. The monoisotopic (exact) mass is 192 g/mol. The predicted molar refractivity (Wildman–Crippen MR) is 38.3 cm³/mol. The lowest BCUT2D eigenvalue weighted by molar-refractivity contribution is -0.126. The van der Waals surface area contributed by atoms with Gasteiger partial charge < -0.3 is 0 Å². The van der Waals surface area contributed by atoms with Gasteiger partial charge in [0, 0.05) is 6.20 Å². The Morgan fingerprint density at radius 1 is 1.62 bits per heavy atom. The third kappa shape index (κ3) is 2.89. The van der Waals surface area contributed by atoms with E-state index in [1.54, 1.807) is 6.92 Å². The zero-order valence-corrected chi connectivity index (χ0v) is 6.80. The molecule has 0 bridgehead atoms. The lowest BCUT2D eigenvalue weighted by atomic mass is 10.4. The van der Waals surface area contributed by atoms with Crippen molar-refractivity contribution in [2.75, 3.05) is 0 Å². The molecule has 0 amide bonds. The molecule has 0 spiro atoms. The third-order valence-corrected chi connectivity index (χ3v) is 1.33. The SMILES string of the molecule is Cc1ccn(C(=O)CC(F)(F)F)n1. The molecule has 1 rings (SSSR count). The Hall–Kier alpha value is -1.33. The second-order valence-corrected chi connectivity index (χ2v) is 2.59. The first-order valence-corrected chi connectivity index (χ1v) is 3.51. The number of rotatable bonds is 1. The average molecular weight is 192 g/mol. The number of halogens is 3. The molecule has 0 aliphatic rings. The second kappa shape index (κ2) is 3.20. The second-order valence-electron chi connectivity index (χ2n) is 2.59. The molecule has 0 saturated heterocycles. The van der Waals surface area contributed by atoms with Crippen molar-refractivity contribution < 1.29 is 18.0 Å². The van der Waals surface area contributed by atoms with E-state index in [9.17, 15) is 18.0 Å². The summed E-state index contributed by atoms with van der Waals surface area (Å²) >= 11 is 0. The topological polar surface area (TPSA) is 34.9 Å². The molecule has 0 fully saturated rings. The number of aryl methyl sites for hydroxylation is 1. The van der Waals surface area contributed by atoms with Crippen LogP contribution in [0.1, 0.15) is 16.9 Å². The van der Waals surface area contributed by atoms with E-state index >= 15 is 0 Å². The molecule has 6 heteroatoms. The van der Waals surface area contributed by atoms with Gasteiger partial charge in [0.15, 0.2) is 0 Å². The van der Waals surface area contributed by atoms with Crippen molar-refractivity contribution >= 4 is 5.91 Å². The Labute approximate surface area is 72.2 Å². The minimum absolute atomic E-state index is 0.510. The molecule has 13 heavy (non-hydrogen) atoms. The number of aromatic nitrogens is 2. The quantitative estimate of drug-likeness (QED) is 0.679. The van der Waals surface area contributed by atoms with Crippen molar-refractivity contribution in [1.82, 2.24) is 9.78 Å². The van der Waals surface area contributed by atoms with Gasteiger partial charge in [0.05, 0.1) is 5.69 Å². The number of hydrogen-bond acceptors (Lipinski definition) is 2. The van der Waals surface area contributed by atoms with Crippen molar-refractivity contribution in [3.05, 3.63) is 18.0 Å². The van der Waals surface area contributed by atoms with Crippen molar-refractivity contribution in [2.24, 2.45) is 0 Å². The van der Waals surface area contributed by atoms with Crippen LogP contribution < -0.4 is 0 Å². The largest absolute Gasteiger partial charge is 0.397 e. The Kier molecular flexibility index (Phi) is 2.40. The van der Waals surface area contributed by atoms with E-state index in [1.165, 1.54) is 12.3 Å². The van der Waals surface area contributed by atoms with Crippen molar-refractivity contribution in [2.45, 2.75) is 19.5 Å². The number of alkyl halides is 3. The third-order valence-electron chi connectivity index (χ3n) is 1.33. The van der Waals surface area contributed by atoms with Crippen LogP contribution in [0.5, 0.6) is 0 Å². The van der Waals surface area contributed by atoms with Gasteiger partial charge >= 0.3 is 6.18 Å². The smallest absolute Gasteiger partial charge is 0.272 e. The van der Waals surface area contributed by atoms with Gasteiger partial charge in [-0.3, -0.25) is 4.79 Å². The number of carbonyl (C=O) groups excluding carboxylic acids is 1. The number of carbonyl (C=O) groups is 1. The van der Waals surface area contributed by atoms with E-state index in [4.69, 9.17) is 0 Å². The van der Waals surface area contributed by atoms with Gasteiger partial charge in [-0.25, -0.2) is 4.68 Å². The summed E-state index contributed by atoms with van der Waals surface area (Å²) in [6.07, 6.45) is -4.74. The molecule has 3 nitrogen and oxygen atoms in total. The molecule has 0 aliphatic heterocycles. The minimum Gasteiger partial charge on any atom is -0.272 e. The maximum atomic E-state index is 11.7. The van der Waals surface area contributed by atoms with E-state index in [0.717, 1.165) is 0 Å². The first kappa shape index (κ1) is 9.76. The van der Waals surface area contributed by atoms with E-state index in [2.05, 4.69) is 5.10 Å². The fraction of sp³-hybridized carbons (Fsp3) is 0.429. The highest BCUT2D eigenvalue weighted by Gasteiger charge is 2.32. The van der Waals surface area contributed by atoms with Crippen LogP contribution in [-0.4, -0.2) is 21.9 Å². The normalized spacial score (nSPS) is 11.7. The first-order chi connectivity index (χ1) is 5.88. The summed E-state index contributed by atoms with van der Waals surface area (Å²) in [4.78, 5) is 10.9. The van der Waals surface area contributed by atoms with Gasteiger partial charge in [0.1, 0.15) is 6.42 Å². The highest BCUT2D eigenvalue weighted by Crippen LogP contribution is 2.19. The van der Waals surface area contributed by atoms with E-state index in [1.807, 2.05) is 0 Å². The lowest BCUT2D eigenvalue weighted by Gasteiger charge is -2.04. The van der Waals surface area contributed by atoms with Crippen LogP contribution in [0.15, 0.2) is 12.3 Å². The standard InChI is InChI=1S/C7H7F3N2O/c1-5-2-3-12(11-5)6(13)4-7(8,9)10/h2-3H,4H2,1H3. The van der Waals surface area contributed by atoms with Crippen LogP contribution in [0.2, 0.25) is 0 Å². The summed E-state index contributed by atoms with van der Waals surface area (Å²) in [5, 5.41) is 3.56. The van der Waals surface area contributed by atoms with Gasteiger partial charge in [-0.05, 0) is 13.0 Å². The van der Waals surface area contributed by atoms with E-state index in [-0.39, 0.29) is 0 Å². The minimum atomic E-state index is -4.48. The van der Waals surface area contributed by atoms with Gasteiger partial charge in [-0.15, -0.1) is 0 Å². The maximum absolute atomic E-state index is 11.7.